The number of aromatic nitrogens is 2. The zero-order valence-electron chi connectivity index (χ0n) is 18.1. The number of rotatable bonds is 6. The van der Waals surface area contributed by atoms with Crippen LogP contribution in [-0.4, -0.2) is 34.6 Å². The Morgan fingerprint density at radius 3 is 2.76 bits per heavy atom. The van der Waals surface area contributed by atoms with Crippen molar-refractivity contribution < 1.29 is 4.79 Å². The highest BCUT2D eigenvalue weighted by atomic mass is 16.2. The average molecular weight is 397 g/mol. The minimum atomic E-state index is 0.0562. The summed E-state index contributed by atoms with van der Waals surface area (Å²) in [6.07, 6.45) is 9.74. The lowest BCUT2D eigenvalue weighted by molar-refractivity contribution is -0.125. The van der Waals surface area contributed by atoms with Gasteiger partial charge in [0.1, 0.15) is 0 Å². The van der Waals surface area contributed by atoms with E-state index in [2.05, 4.69) is 52.9 Å². The van der Waals surface area contributed by atoms with E-state index in [1.807, 2.05) is 0 Å². The largest absolute Gasteiger partial charge is 0.353 e. The molecule has 2 unspecified atom stereocenters. The van der Waals surface area contributed by atoms with Crippen molar-refractivity contribution in [3.05, 3.63) is 24.3 Å². The molecule has 1 saturated heterocycles. The second kappa shape index (κ2) is 9.19. The third-order valence-electron chi connectivity index (χ3n) is 6.88. The van der Waals surface area contributed by atoms with Crippen LogP contribution >= 0.6 is 0 Å². The first kappa shape index (κ1) is 20.2. The molecular formula is C24H36N4O. The molecule has 1 amide bonds. The molecule has 29 heavy (non-hydrogen) atoms. The molecule has 2 atom stereocenters. The van der Waals surface area contributed by atoms with Crippen molar-refractivity contribution >= 4 is 22.9 Å². The van der Waals surface area contributed by atoms with Gasteiger partial charge in [-0.3, -0.25) is 4.79 Å². The smallest absolute Gasteiger partial charge is 0.225 e. The van der Waals surface area contributed by atoms with Crippen LogP contribution < -0.4 is 10.2 Å². The zero-order chi connectivity index (χ0) is 20.2. The second-order valence-corrected chi connectivity index (χ2v) is 9.12. The molecule has 0 bridgehead atoms. The number of para-hydroxylation sites is 2. The molecule has 2 heterocycles. The SMILES string of the molecule is CCC(C)NC(=O)C1CCCN(c2nc3ccccc3n2CC2CCCCC2)C1. The second-order valence-electron chi connectivity index (χ2n) is 9.12. The molecule has 5 heteroatoms. The number of benzene rings is 1. The summed E-state index contributed by atoms with van der Waals surface area (Å²) >= 11 is 0. The quantitative estimate of drug-likeness (QED) is 0.767. The summed E-state index contributed by atoms with van der Waals surface area (Å²) in [5.41, 5.74) is 2.31. The van der Waals surface area contributed by atoms with Gasteiger partial charge in [-0.25, -0.2) is 4.98 Å². The number of carbonyl (C=O) groups excluding carboxylic acids is 1. The van der Waals surface area contributed by atoms with Gasteiger partial charge < -0.3 is 14.8 Å². The molecular weight excluding hydrogens is 360 g/mol. The van der Waals surface area contributed by atoms with Crippen molar-refractivity contribution in [2.45, 2.75) is 77.8 Å². The minimum Gasteiger partial charge on any atom is -0.353 e. The summed E-state index contributed by atoms with van der Waals surface area (Å²) in [5.74, 6) is 2.08. The Hall–Kier alpha value is -2.04. The summed E-state index contributed by atoms with van der Waals surface area (Å²) in [6, 6.07) is 8.75. The van der Waals surface area contributed by atoms with E-state index < -0.39 is 0 Å². The topological polar surface area (TPSA) is 50.2 Å². The lowest BCUT2D eigenvalue weighted by Crippen LogP contribution is -2.46. The molecule has 2 aromatic rings. The van der Waals surface area contributed by atoms with E-state index in [0.29, 0.717) is 0 Å². The van der Waals surface area contributed by atoms with Crippen molar-refractivity contribution in [1.82, 2.24) is 14.9 Å². The molecule has 4 rings (SSSR count). The van der Waals surface area contributed by atoms with Gasteiger partial charge in [-0.15, -0.1) is 0 Å². The molecule has 1 aliphatic carbocycles. The van der Waals surface area contributed by atoms with Gasteiger partial charge in [0.2, 0.25) is 11.9 Å². The van der Waals surface area contributed by atoms with Gasteiger partial charge in [0.15, 0.2) is 0 Å². The van der Waals surface area contributed by atoms with E-state index in [1.54, 1.807) is 0 Å². The van der Waals surface area contributed by atoms with Gasteiger partial charge in [-0.2, -0.15) is 0 Å². The Morgan fingerprint density at radius 1 is 1.17 bits per heavy atom. The van der Waals surface area contributed by atoms with E-state index in [1.165, 1.54) is 37.6 Å². The van der Waals surface area contributed by atoms with Gasteiger partial charge >= 0.3 is 0 Å². The van der Waals surface area contributed by atoms with Crippen molar-refractivity contribution in [3.63, 3.8) is 0 Å². The number of fused-ring (bicyclic) bond motifs is 1. The molecule has 1 N–H and O–H groups in total. The molecule has 0 spiro atoms. The van der Waals surface area contributed by atoms with Crippen LogP contribution in [0.1, 0.15) is 65.2 Å². The Morgan fingerprint density at radius 2 is 1.97 bits per heavy atom. The van der Waals surface area contributed by atoms with Crippen LogP contribution in [0.3, 0.4) is 0 Å². The highest BCUT2D eigenvalue weighted by molar-refractivity contribution is 5.81. The van der Waals surface area contributed by atoms with Crippen LogP contribution in [-0.2, 0) is 11.3 Å². The maximum Gasteiger partial charge on any atom is 0.225 e. The number of amides is 1. The number of imidazole rings is 1. The van der Waals surface area contributed by atoms with Gasteiger partial charge in [0.05, 0.1) is 17.0 Å². The van der Waals surface area contributed by atoms with E-state index in [-0.39, 0.29) is 17.9 Å². The number of nitrogens with zero attached hydrogens (tertiary/aromatic N) is 3. The Bertz CT molecular complexity index is 823. The predicted molar refractivity (Wildman–Crippen MR) is 119 cm³/mol. The number of carbonyl (C=O) groups is 1. The normalized spacial score (nSPS) is 22.0. The fourth-order valence-corrected chi connectivity index (χ4v) is 4.95. The first-order valence-electron chi connectivity index (χ1n) is 11.7. The van der Waals surface area contributed by atoms with E-state index in [4.69, 9.17) is 4.98 Å². The van der Waals surface area contributed by atoms with Crippen molar-refractivity contribution in [3.8, 4) is 0 Å². The molecule has 5 nitrogen and oxygen atoms in total. The first-order valence-corrected chi connectivity index (χ1v) is 11.7. The number of piperidine rings is 1. The van der Waals surface area contributed by atoms with Crippen molar-refractivity contribution in [1.29, 1.82) is 0 Å². The van der Waals surface area contributed by atoms with Crippen LogP contribution in [0.15, 0.2) is 24.3 Å². The maximum absolute atomic E-state index is 12.8. The molecule has 1 aromatic heterocycles. The lowest BCUT2D eigenvalue weighted by Gasteiger charge is -2.34. The molecule has 1 saturated carbocycles. The van der Waals surface area contributed by atoms with E-state index in [0.717, 1.165) is 56.3 Å². The van der Waals surface area contributed by atoms with E-state index >= 15 is 0 Å². The van der Waals surface area contributed by atoms with Crippen LogP contribution in [0.25, 0.3) is 11.0 Å². The van der Waals surface area contributed by atoms with Gasteiger partial charge in [0, 0.05) is 25.7 Å². The Kier molecular flexibility index (Phi) is 6.41. The molecule has 1 aliphatic heterocycles. The Balaban J connectivity index is 1.57. The number of nitrogens with one attached hydrogen (secondary N) is 1. The molecule has 0 radical (unpaired) electrons. The number of hydrogen-bond acceptors (Lipinski definition) is 3. The van der Waals surface area contributed by atoms with Gasteiger partial charge in [-0.1, -0.05) is 38.3 Å². The fourth-order valence-electron chi connectivity index (χ4n) is 4.95. The summed E-state index contributed by atoms with van der Waals surface area (Å²) in [6.45, 7) is 7.02. The van der Waals surface area contributed by atoms with Gasteiger partial charge in [0.25, 0.3) is 0 Å². The predicted octanol–water partition coefficient (Wildman–Crippen LogP) is 4.75. The summed E-state index contributed by atoms with van der Waals surface area (Å²) < 4.78 is 2.44. The minimum absolute atomic E-state index is 0.0562. The molecule has 1 aromatic carbocycles. The highest BCUT2D eigenvalue weighted by Crippen LogP contribution is 2.31. The van der Waals surface area contributed by atoms with Crippen LogP contribution in [0.4, 0.5) is 5.95 Å². The monoisotopic (exact) mass is 396 g/mol. The average Bonchev–Trinajstić information content (AvgIpc) is 3.13. The van der Waals surface area contributed by atoms with Crippen LogP contribution in [0.2, 0.25) is 0 Å². The number of anilines is 1. The summed E-state index contributed by atoms with van der Waals surface area (Å²) in [5, 5.41) is 3.19. The third kappa shape index (κ3) is 4.59. The lowest BCUT2D eigenvalue weighted by atomic mass is 9.89. The van der Waals surface area contributed by atoms with Crippen LogP contribution in [0, 0.1) is 11.8 Å². The summed E-state index contributed by atoms with van der Waals surface area (Å²) in [7, 11) is 0. The Labute approximate surface area is 174 Å². The highest BCUT2D eigenvalue weighted by Gasteiger charge is 2.29. The van der Waals surface area contributed by atoms with Gasteiger partial charge in [-0.05, 0) is 57.1 Å². The molecule has 158 valence electrons. The third-order valence-corrected chi connectivity index (χ3v) is 6.88. The molecule has 2 aliphatic rings. The van der Waals surface area contributed by atoms with Crippen LogP contribution in [0.5, 0.6) is 0 Å². The maximum atomic E-state index is 12.8. The molecule has 2 fully saturated rings. The van der Waals surface area contributed by atoms with E-state index in [9.17, 15) is 4.79 Å². The van der Waals surface area contributed by atoms with Crippen molar-refractivity contribution in [2.24, 2.45) is 11.8 Å². The fraction of sp³-hybridized carbons (Fsp3) is 0.667. The summed E-state index contributed by atoms with van der Waals surface area (Å²) in [4.78, 5) is 20.2. The number of hydrogen-bond donors (Lipinski definition) is 1. The van der Waals surface area contributed by atoms with Crippen molar-refractivity contribution in [2.75, 3.05) is 18.0 Å². The first-order chi connectivity index (χ1) is 14.2. The zero-order valence-corrected chi connectivity index (χ0v) is 18.1. The standard InChI is InChI=1S/C24H36N4O/c1-3-18(2)25-23(29)20-12-9-15-27(17-20)24-26-21-13-7-8-14-22(21)28(24)16-19-10-5-4-6-11-19/h7-8,13-14,18-20H,3-6,9-12,15-17H2,1-2H3,(H,25,29).